The Labute approximate surface area is 137 Å². The number of nitrogens with one attached hydrogen (secondary N) is 1. The van der Waals surface area contributed by atoms with Crippen molar-refractivity contribution in [3.63, 3.8) is 0 Å². The molecule has 0 saturated carbocycles. The Morgan fingerprint density at radius 1 is 1.32 bits per heavy atom. The fourth-order valence-corrected chi connectivity index (χ4v) is 2.34. The highest BCUT2D eigenvalue weighted by Crippen LogP contribution is 2.18. The van der Waals surface area contributed by atoms with Crippen LogP contribution in [0.1, 0.15) is 29.4 Å². The normalized spacial score (nSPS) is 13.1. The highest BCUT2D eigenvalue weighted by molar-refractivity contribution is 5.87. The van der Waals surface area contributed by atoms with Crippen molar-refractivity contribution in [2.75, 3.05) is 0 Å². The van der Waals surface area contributed by atoms with Gasteiger partial charge in [0.05, 0.1) is 5.69 Å². The highest BCUT2D eigenvalue weighted by atomic mass is 35.5. The molecule has 0 bridgehead atoms. The van der Waals surface area contributed by atoms with Gasteiger partial charge < -0.3 is 11.1 Å². The third kappa shape index (κ3) is 3.48. The Balaban J connectivity index is 0.00000242. The molecule has 22 heavy (non-hydrogen) atoms. The number of carbonyl (C=O) groups excluding carboxylic acids is 1. The standard InChI is InChI=1S/C16H22N4O.ClH/c1-11-14(12(2)20(4)19-11)10-18-15(21)16(3,17)13-8-6-5-7-9-13;/h5-9H,10,17H2,1-4H3,(H,18,21);1H. The quantitative estimate of drug-likeness (QED) is 0.903. The molecular weight excluding hydrogens is 300 g/mol. The molecule has 6 heteroatoms. The minimum Gasteiger partial charge on any atom is -0.350 e. The van der Waals surface area contributed by atoms with Gasteiger partial charge in [-0.3, -0.25) is 9.48 Å². The Bertz CT molecular complexity index is 650. The van der Waals surface area contributed by atoms with E-state index in [4.69, 9.17) is 5.73 Å². The summed E-state index contributed by atoms with van der Waals surface area (Å²) < 4.78 is 1.82. The van der Waals surface area contributed by atoms with Crippen LogP contribution >= 0.6 is 12.4 Å². The molecular formula is C16H23ClN4O. The highest BCUT2D eigenvalue weighted by Gasteiger charge is 2.30. The summed E-state index contributed by atoms with van der Waals surface area (Å²) in [6.45, 7) is 6.08. The number of aromatic nitrogens is 2. The van der Waals surface area contributed by atoms with Gasteiger partial charge in [0, 0.05) is 24.8 Å². The molecule has 0 aliphatic rings. The summed E-state index contributed by atoms with van der Waals surface area (Å²) in [5, 5.41) is 7.26. The number of carbonyl (C=O) groups is 1. The van der Waals surface area contributed by atoms with Gasteiger partial charge in [-0.1, -0.05) is 30.3 Å². The number of amides is 1. The summed E-state index contributed by atoms with van der Waals surface area (Å²) in [6, 6.07) is 9.38. The summed E-state index contributed by atoms with van der Waals surface area (Å²) >= 11 is 0. The largest absolute Gasteiger partial charge is 0.350 e. The number of nitrogens with two attached hydrogens (primary N) is 1. The van der Waals surface area contributed by atoms with Crippen molar-refractivity contribution in [1.29, 1.82) is 0 Å². The minimum absolute atomic E-state index is 0. The zero-order valence-electron chi connectivity index (χ0n) is 13.4. The topological polar surface area (TPSA) is 72.9 Å². The molecule has 2 aromatic rings. The van der Waals surface area contributed by atoms with Crippen molar-refractivity contribution in [2.45, 2.75) is 32.9 Å². The number of rotatable bonds is 4. The molecule has 0 radical (unpaired) electrons. The zero-order chi connectivity index (χ0) is 15.6. The Hall–Kier alpha value is -1.85. The number of hydrogen-bond acceptors (Lipinski definition) is 3. The van der Waals surface area contributed by atoms with E-state index in [1.165, 1.54) is 0 Å². The molecule has 5 nitrogen and oxygen atoms in total. The van der Waals surface area contributed by atoms with E-state index >= 15 is 0 Å². The van der Waals surface area contributed by atoms with E-state index in [1.807, 2.05) is 55.9 Å². The lowest BCUT2D eigenvalue weighted by atomic mass is 9.92. The number of benzene rings is 1. The van der Waals surface area contributed by atoms with Crippen LogP contribution in [-0.4, -0.2) is 15.7 Å². The SMILES string of the molecule is Cc1nn(C)c(C)c1CNC(=O)C(C)(N)c1ccccc1.Cl. The first kappa shape index (κ1) is 18.2. The van der Waals surface area contributed by atoms with Crippen molar-refractivity contribution < 1.29 is 4.79 Å². The second-order valence-electron chi connectivity index (χ2n) is 5.52. The Morgan fingerprint density at radius 2 is 1.91 bits per heavy atom. The van der Waals surface area contributed by atoms with Gasteiger partial charge >= 0.3 is 0 Å². The smallest absolute Gasteiger partial charge is 0.244 e. The predicted octanol–water partition coefficient (Wildman–Crippen LogP) is 1.95. The number of nitrogens with zero attached hydrogens (tertiary/aromatic N) is 2. The molecule has 1 aromatic carbocycles. The van der Waals surface area contributed by atoms with Crippen LogP contribution in [0.15, 0.2) is 30.3 Å². The zero-order valence-corrected chi connectivity index (χ0v) is 14.2. The molecule has 2 rings (SSSR count). The lowest BCUT2D eigenvalue weighted by Gasteiger charge is -2.24. The van der Waals surface area contributed by atoms with Crippen LogP contribution in [0.5, 0.6) is 0 Å². The summed E-state index contributed by atoms with van der Waals surface area (Å²) in [7, 11) is 1.89. The van der Waals surface area contributed by atoms with Crippen LogP contribution < -0.4 is 11.1 Å². The molecule has 0 spiro atoms. The molecule has 1 atom stereocenters. The van der Waals surface area contributed by atoms with Crippen LogP contribution in [0.4, 0.5) is 0 Å². The second kappa shape index (κ2) is 6.94. The first-order valence-electron chi connectivity index (χ1n) is 6.96. The van der Waals surface area contributed by atoms with E-state index in [-0.39, 0.29) is 18.3 Å². The van der Waals surface area contributed by atoms with Crippen molar-refractivity contribution >= 4 is 18.3 Å². The fraction of sp³-hybridized carbons (Fsp3) is 0.375. The molecule has 1 heterocycles. The van der Waals surface area contributed by atoms with Gasteiger partial charge in [-0.2, -0.15) is 5.10 Å². The van der Waals surface area contributed by atoms with Gasteiger partial charge in [0.15, 0.2) is 0 Å². The lowest BCUT2D eigenvalue weighted by molar-refractivity contribution is -0.126. The molecule has 0 aliphatic carbocycles. The summed E-state index contributed by atoms with van der Waals surface area (Å²) in [4.78, 5) is 12.4. The number of halogens is 1. The van der Waals surface area contributed by atoms with E-state index < -0.39 is 5.54 Å². The molecule has 0 fully saturated rings. The van der Waals surface area contributed by atoms with Crippen LogP contribution in [0.2, 0.25) is 0 Å². The van der Waals surface area contributed by atoms with Gasteiger partial charge in [0.1, 0.15) is 5.54 Å². The van der Waals surface area contributed by atoms with Gasteiger partial charge in [0.2, 0.25) is 5.91 Å². The van der Waals surface area contributed by atoms with Crippen LogP contribution in [0.3, 0.4) is 0 Å². The third-order valence-corrected chi connectivity index (χ3v) is 3.93. The number of aryl methyl sites for hydroxylation is 2. The molecule has 1 aromatic heterocycles. The van der Waals surface area contributed by atoms with Gasteiger partial charge in [-0.05, 0) is 26.3 Å². The monoisotopic (exact) mass is 322 g/mol. The van der Waals surface area contributed by atoms with Gasteiger partial charge in [0.25, 0.3) is 0 Å². The van der Waals surface area contributed by atoms with Crippen LogP contribution in [0, 0.1) is 13.8 Å². The maximum absolute atomic E-state index is 12.4. The summed E-state index contributed by atoms with van der Waals surface area (Å²) in [6.07, 6.45) is 0. The lowest BCUT2D eigenvalue weighted by Crippen LogP contribution is -2.48. The molecule has 120 valence electrons. The third-order valence-electron chi connectivity index (χ3n) is 3.93. The fourth-order valence-electron chi connectivity index (χ4n) is 2.34. The Morgan fingerprint density at radius 3 is 2.41 bits per heavy atom. The first-order valence-corrected chi connectivity index (χ1v) is 6.96. The number of hydrogen-bond donors (Lipinski definition) is 2. The molecule has 0 saturated heterocycles. The summed E-state index contributed by atoms with van der Waals surface area (Å²) in [5.74, 6) is -0.198. The Kier molecular flexibility index (Phi) is 5.74. The predicted molar refractivity (Wildman–Crippen MR) is 89.8 cm³/mol. The van der Waals surface area contributed by atoms with Crippen molar-refractivity contribution in [1.82, 2.24) is 15.1 Å². The second-order valence-corrected chi connectivity index (χ2v) is 5.52. The van der Waals surface area contributed by atoms with E-state index in [9.17, 15) is 4.79 Å². The molecule has 1 unspecified atom stereocenters. The van der Waals surface area contributed by atoms with E-state index in [0.29, 0.717) is 6.54 Å². The average molecular weight is 323 g/mol. The van der Waals surface area contributed by atoms with E-state index in [0.717, 1.165) is 22.5 Å². The maximum atomic E-state index is 12.4. The maximum Gasteiger partial charge on any atom is 0.244 e. The van der Waals surface area contributed by atoms with Crippen LogP contribution in [0.25, 0.3) is 0 Å². The van der Waals surface area contributed by atoms with E-state index in [1.54, 1.807) is 6.92 Å². The van der Waals surface area contributed by atoms with E-state index in [2.05, 4.69) is 10.4 Å². The summed E-state index contributed by atoms with van der Waals surface area (Å²) in [5.41, 5.74) is 8.95. The minimum atomic E-state index is -1.05. The molecule has 0 aliphatic heterocycles. The van der Waals surface area contributed by atoms with Gasteiger partial charge in [-0.25, -0.2) is 0 Å². The first-order chi connectivity index (χ1) is 9.84. The molecule has 3 N–H and O–H groups in total. The van der Waals surface area contributed by atoms with Crippen LogP contribution in [-0.2, 0) is 23.9 Å². The van der Waals surface area contributed by atoms with Gasteiger partial charge in [-0.15, -0.1) is 12.4 Å². The van der Waals surface area contributed by atoms with Crippen molar-refractivity contribution in [3.8, 4) is 0 Å². The van der Waals surface area contributed by atoms with Crippen molar-refractivity contribution in [3.05, 3.63) is 52.8 Å². The van der Waals surface area contributed by atoms with Crippen molar-refractivity contribution in [2.24, 2.45) is 12.8 Å². The average Bonchev–Trinajstić information content (AvgIpc) is 2.70. The molecule has 1 amide bonds.